The van der Waals surface area contributed by atoms with Crippen molar-refractivity contribution in [2.75, 3.05) is 0 Å². The predicted octanol–water partition coefficient (Wildman–Crippen LogP) is 4.69. The second-order valence-electron chi connectivity index (χ2n) is 7.49. The number of benzene rings is 2. The molecule has 138 valence electrons. The third-order valence-corrected chi connectivity index (χ3v) is 5.18. The Labute approximate surface area is 159 Å². The highest BCUT2D eigenvalue weighted by molar-refractivity contribution is 5.81. The Hall–Kier alpha value is -2.88. The summed E-state index contributed by atoms with van der Waals surface area (Å²) < 4.78 is 3.97. The zero-order chi connectivity index (χ0) is 19.1. The third-order valence-electron chi connectivity index (χ3n) is 5.18. The molecule has 0 saturated heterocycles. The van der Waals surface area contributed by atoms with Gasteiger partial charge in [0, 0.05) is 5.56 Å². The normalized spacial score (nSPS) is 11.7. The van der Waals surface area contributed by atoms with Crippen molar-refractivity contribution in [2.45, 2.75) is 46.6 Å². The fourth-order valence-corrected chi connectivity index (χ4v) is 3.84. The number of aromatic nitrogens is 3. The van der Waals surface area contributed by atoms with Crippen molar-refractivity contribution >= 4 is 16.8 Å². The van der Waals surface area contributed by atoms with Crippen molar-refractivity contribution < 1.29 is 0 Å². The summed E-state index contributed by atoms with van der Waals surface area (Å²) in [5, 5.41) is 0. The van der Waals surface area contributed by atoms with Crippen molar-refractivity contribution in [2.24, 2.45) is 0 Å². The van der Waals surface area contributed by atoms with Gasteiger partial charge in [-0.05, 0) is 42.5 Å². The molecule has 0 bridgehead atoms. The van der Waals surface area contributed by atoms with Crippen LogP contribution < -0.4 is 5.56 Å². The van der Waals surface area contributed by atoms with Gasteiger partial charge in [0.15, 0.2) is 0 Å². The van der Waals surface area contributed by atoms with E-state index in [1.165, 1.54) is 11.1 Å². The van der Waals surface area contributed by atoms with Gasteiger partial charge in [0.05, 0.1) is 23.3 Å². The highest BCUT2D eigenvalue weighted by Gasteiger charge is 2.20. The van der Waals surface area contributed by atoms with Crippen LogP contribution in [0.4, 0.5) is 0 Å². The van der Waals surface area contributed by atoms with Crippen LogP contribution in [0.25, 0.3) is 16.8 Å². The van der Waals surface area contributed by atoms with Crippen molar-refractivity contribution in [3.05, 3.63) is 81.3 Å². The molecule has 2 aromatic carbocycles. The first kappa shape index (κ1) is 17.5. The molecule has 0 amide bonds. The zero-order valence-corrected chi connectivity index (χ0v) is 16.4. The maximum Gasteiger partial charge on any atom is 0.263 e. The Kier molecular flexibility index (Phi) is 4.34. The monoisotopic (exact) mass is 359 g/mol. The van der Waals surface area contributed by atoms with Gasteiger partial charge in [-0.25, -0.2) is 9.38 Å². The van der Waals surface area contributed by atoms with Crippen LogP contribution in [0.3, 0.4) is 0 Å². The molecule has 0 unspecified atom stereocenters. The molecule has 2 aromatic heterocycles. The molecule has 0 fully saturated rings. The second-order valence-corrected chi connectivity index (χ2v) is 7.49. The first-order valence-corrected chi connectivity index (χ1v) is 9.59. The molecule has 0 N–H and O–H groups in total. The van der Waals surface area contributed by atoms with Crippen LogP contribution in [-0.4, -0.2) is 14.0 Å². The number of rotatable bonds is 4. The van der Waals surface area contributed by atoms with E-state index in [4.69, 9.17) is 4.98 Å². The number of hydrogen-bond acceptors (Lipinski definition) is 2. The van der Waals surface area contributed by atoms with E-state index >= 15 is 0 Å². The lowest BCUT2D eigenvalue weighted by Crippen LogP contribution is -2.23. The quantitative estimate of drug-likeness (QED) is 0.530. The lowest BCUT2D eigenvalue weighted by molar-refractivity contribution is 0.760. The molecule has 4 rings (SSSR count). The number of imidazole rings is 1. The zero-order valence-electron chi connectivity index (χ0n) is 16.4. The van der Waals surface area contributed by atoms with E-state index in [0.717, 1.165) is 28.1 Å². The summed E-state index contributed by atoms with van der Waals surface area (Å²) in [6.45, 7) is 9.01. The van der Waals surface area contributed by atoms with E-state index in [2.05, 4.69) is 49.6 Å². The van der Waals surface area contributed by atoms with Gasteiger partial charge in [0.25, 0.3) is 5.56 Å². The second kappa shape index (κ2) is 6.69. The van der Waals surface area contributed by atoms with E-state index in [9.17, 15) is 4.79 Å². The summed E-state index contributed by atoms with van der Waals surface area (Å²) in [4.78, 5) is 18.4. The molecular weight excluding hydrogens is 334 g/mol. The van der Waals surface area contributed by atoms with Crippen LogP contribution in [-0.2, 0) is 13.0 Å². The van der Waals surface area contributed by atoms with E-state index in [0.29, 0.717) is 13.0 Å². The molecule has 0 aliphatic rings. The third kappa shape index (κ3) is 2.85. The topological polar surface area (TPSA) is 39.3 Å². The molecule has 0 atom stereocenters. The van der Waals surface area contributed by atoms with E-state index in [1.54, 1.807) is 4.40 Å². The predicted molar refractivity (Wildman–Crippen MR) is 111 cm³/mol. The van der Waals surface area contributed by atoms with Gasteiger partial charge < -0.3 is 4.57 Å². The Morgan fingerprint density at radius 3 is 2.44 bits per heavy atom. The summed E-state index contributed by atoms with van der Waals surface area (Å²) in [6.07, 6.45) is 0.694. The van der Waals surface area contributed by atoms with E-state index in [1.807, 2.05) is 31.2 Å². The summed E-state index contributed by atoms with van der Waals surface area (Å²) >= 11 is 0. The van der Waals surface area contributed by atoms with Crippen LogP contribution in [0.1, 0.15) is 49.1 Å². The molecule has 0 spiro atoms. The largest absolute Gasteiger partial charge is 0.305 e. The molecule has 0 saturated carbocycles. The molecular formula is C23H25N3O. The molecule has 4 aromatic rings. The average Bonchev–Trinajstić information content (AvgIpc) is 2.95. The Balaban J connectivity index is 2.13. The van der Waals surface area contributed by atoms with Gasteiger partial charge >= 0.3 is 0 Å². The lowest BCUT2D eigenvalue weighted by atomic mass is 10.0. The van der Waals surface area contributed by atoms with E-state index in [-0.39, 0.29) is 11.5 Å². The van der Waals surface area contributed by atoms with Gasteiger partial charge in [-0.3, -0.25) is 4.79 Å². The van der Waals surface area contributed by atoms with Gasteiger partial charge in [-0.1, -0.05) is 57.2 Å². The van der Waals surface area contributed by atoms with Gasteiger partial charge in [-0.2, -0.15) is 0 Å². The molecule has 27 heavy (non-hydrogen) atoms. The summed E-state index contributed by atoms with van der Waals surface area (Å²) in [5.74, 6) is 0.938. The number of hydrogen-bond donors (Lipinski definition) is 0. The highest BCUT2D eigenvalue weighted by atomic mass is 16.1. The number of aryl methyl sites for hydroxylation is 1. The SMILES string of the molecule is CCc1c(C(C)C)nc2n(Cc3ccccc3)c3cc(C)ccc3n2c1=O. The van der Waals surface area contributed by atoms with Crippen LogP contribution in [0, 0.1) is 6.92 Å². The summed E-state index contributed by atoms with van der Waals surface area (Å²) in [7, 11) is 0. The van der Waals surface area contributed by atoms with Crippen LogP contribution in [0.2, 0.25) is 0 Å². The number of fused-ring (bicyclic) bond motifs is 3. The Morgan fingerprint density at radius 2 is 1.78 bits per heavy atom. The van der Waals surface area contributed by atoms with Crippen LogP contribution in [0.15, 0.2) is 53.3 Å². The van der Waals surface area contributed by atoms with Crippen LogP contribution >= 0.6 is 0 Å². The van der Waals surface area contributed by atoms with Crippen molar-refractivity contribution in [3.8, 4) is 0 Å². The minimum absolute atomic E-state index is 0.0619. The molecule has 0 aliphatic carbocycles. The Morgan fingerprint density at radius 1 is 1.04 bits per heavy atom. The standard InChI is InChI=1S/C23H25N3O/c1-5-18-21(15(2)3)24-23-25(14-17-9-7-6-8-10-17)20-13-16(4)11-12-19(20)26(23)22(18)27/h6-13,15H,5,14H2,1-4H3. The minimum Gasteiger partial charge on any atom is -0.305 e. The van der Waals surface area contributed by atoms with Crippen molar-refractivity contribution in [1.82, 2.24) is 14.0 Å². The van der Waals surface area contributed by atoms with Gasteiger partial charge in [0.2, 0.25) is 5.78 Å². The fraction of sp³-hybridized carbons (Fsp3) is 0.304. The van der Waals surface area contributed by atoms with Crippen LogP contribution in [0.5, 0.6) is 0 Å². The van der Waals surface area contributed by atoms with Crippen molar-refractivity contribution in [1.29, 1.82) is 0 Å². The minimum atomic E-state index is 0.0619. The van der Waals surface area contributed by atoms with Crippen molar-refractivity contribution in [3.63, 3.8) is 0 Å². The molecule has 2 heterocycles. The van der Waals surface area contributed by atoms with Gasteiger partial charge in [-0.15, -0.1) is 0 Å². The average molecular weight is 359 g/mol. The first-order valence-electron chi connectivity index (χ1n) is 9.59. The summed E-state index contributed by atoms with van der Waals surface area (Å²) in [5.41, 5.74) is 6.14. The smallest absolute Gasteiger partial charge is 0.263 e. The molecule has 4 heteroatoms. The lowest BCUT2D eigenvalue weighted by Gasteiger charge is -2.12. The maximum absolute atomic E-state index is 13.4. The fourth-order valence-electron chi connectivity index (χ4n) is 3.84. The summed E-state index contributed by atoms with van der Waals surface area (Å²) in [6, 6.07) is 16.6. The molecule has 0 aliphatic heterocycles. The van der Waals surface area contributed by atoms with E-state index < -0.39 is 0 Å². The van der Waals surface area contributed by atoms with Gasteiger partial charge in [0.1, 0.15) is 0 Å². The maximum atomic E-state index is 13.4. The molecule has 0 radical (unpaired) electrons. The number of nitrogens with zero attached hydrogens (tertiary/aromatic N) is 3. The molecule has 4 nitrogen and oxygen atoms in total. The highest BCUT2D eigenvalue weighted by Crippen LogP contribution is 2.24. The first-order chi connectivity index (χ1) is 13.0. The Bertz CT molecular complexity index is 1180.